The molecule has 226 valence electrons. The molecule has 7 nitrogen and oxygen atoms in total. The fraction of sp³-hybridized carbons (Fsp3) is 0.583. The Labute approximate surface area is 253 Å². The summed E-state index contributed by atoms with van der Waals surface area (Å²) in [5, 5.41) is 26.4. The Morgan fingerprint density at radius 3 is 2.81 bits per heavy atom. The van der Waals surface area contributed by atoms with Crippen LogP contribution in [0.2, 0.25) is 0 Å². The maximum atomic E-state index is 13.2. The number of para-hydroxylation sites is 1. The third kappa shape index (κ3) is 3.88. The summed E-state index contributed by atoms with van der Waals surface area (Å²) in [6, 6.07) is 10.6. The molecule has 0 amide bonds. The van der Waals surface area contributed by atoms with Gasteiger partial charge in [-0.25, -0.2) is 0 Å². The van der Waals surface area contributed by atoms with Crippen molar-refractivity contribution in [1.82, 2.24) is 19.8 Å². The molecule has 2 spiro atoms. The largest absolute Gasteiger partial charge is 0.390 e. The summed E-state index contributed by atoms with van der Waals surface area (Å²) >= 11 is 0. The zero-order valence-electron chi connectivity index (χ0n) is 25.0. The van der Waals surface area contributed by atoms with E-state index in [0.717, 1.165) is 87.9 Å². The first-order valence-electron chi connectivity index (χ1n) is 16.8. The van der Waals surface area contributed by atoms with Gasteiger partial charge in [-0.15, -0.1) is 0 Å². The fourth-order valence-electron chi connectivity index (χ4n) is 10.5. The van der Waals surface area contributed by atoms with Crippen molar-refractivity contribution in [2.24, 2.45) is 11.3 Å². The molecule has 0 radical (unpaired) electrons. The number of aliphatic hydroxyl groups excluding tert-OH is 1. The van der Waals surface area contributed by atoms with Crippen LogP contribution >= 0.6 is 0 Å². The smallest absolute Gasteiger partial charge is 0.123 e. The molecule has 5 aliphatic heterocycles. The molecule has 1 aromatic carbocycles. The number of nitrogens with zero attached hydrogens (tertiary/aromatic N) is 3. The minimum Gasteiger partial charge on any atom is -0.390 e. The van der Waals surface area contributed by atoms with Crippen LogP contribution in [0.1, 0.15) is 69.9 Å². The minimum atomic E-state index is -1.02. The van der Waals surface area contributed by atoms with E-state index in [4.69, 9.17) is 9.72 Å². The van der Waals surface area contributed by atoms with Crippen molar-refractivity contribution in [2.45, 2.75) is 93.8 Å². The second kappa shape index (κ2) is 9.72. The lowest BCUT2D eigenvalue weighted by Gasteiger charge is -2.58. The number of aromatic amines is 1. The Bertz CT molecular complexity index is 1630. The highest BCUT2D eigenvalue weighted by Crippen LogP contribution is 2.66. The van der Waals surface area contributed by atoms with Gasteiger partial charge in [0.05, 0.1) is 35.1 Å². The van der Waals surface area contributed by atoms with Gasteiger partial charge in [0.1, 0.15) is 5.72 Å². The lowest BCUT2D eigenvalue weighted by atomic mass is 9.54. The van der Waals surface area contributed by atoms with Crippen LogP contribution in [0.25, 0.3) is 27.4 Å². The van der Waals surface area contributed by atoms with Gasteiger partial charge in [-0.1, -0.05) is 30.4 Å². The number of benzene rings is 1. The van der Waals surface area contributed by atoms with Gasteiger partial charge in [0.2, 0.25) is 0 Å². The summed E-state index contributed by atoms with van der Waals surface area (Å²) in [6.07, 6.45) is 17.8. The number of pyridine rings is 1. The van der Waals surface area contributed by atoms with Crippen LogP contribution in [0.4, 0.5) is 0 Å². The van der Waals surface area contributed by atoms with Crippen LogP contribution < -0.4 is 0 Å². The van der Waals surface area contributed by atoms with E-state index >= 15 is 0 Å². The molecule has 4 saturated heterocycles. The molecule has 1 unspecified atom stereocenters. The molecule has 7 heterocycles. The van der Waals surface area contributed by atoms with Crippen molar-refractivity contribution in [1.29, 1.82) is 0 Å². The third-order valence-electron chi connectivity index (χ3n) is 12.1. The van der Waals surface area contributed by atoms with E-state index in [2.05, 4.69) is 63.3 Å². The van der Waals surface area contributed by atoms with Crippen molar-refractivity contribution in [2.75, 3.05) is 26.2 Å². The highest BCUT2D eigenvalue weighted by Gasteiger charge is 2.72. The first-order valence-corrected chi connectivity index (χ1v) is 16.8. The Morgan fingerprint density at radius 2 is 1.86 bits per heavy atom. The van der Waals surface area contributed by atoms with Crippen molar-refractivity contribution < 1.29 is 14.9 Å². The number of aliphatic hydroxyl groups is 2. The van der Waals surface area contributed by atoms with Gasteiger partial charge < -0.3 is 24.8 Å². The maximum absolute atomic E-state index is 13.2. The first-order chi connectivity index (χ1) is 21.0. The standard InChI is InChI=1S/C36H44N4O3/c41-29-11-16-36-22-34-23-39-18-8-4-2-1-3-7-15-35(42,33(34)40(36)20-14-30(29)43-36)21-26(27(34)13-19-39)31-32-25(12-17-37-31)24-9-5-6-10-28(24)38-32/h1,3,5-6,9-10,12,17,21,27,29-30,33,38,41-42H,2,4,7-8,11,13-16,18-20,22-23H2/b3-1-/t27-,29+,30+,33+,34-,35-,36+/m0/s1. The number of allylic oxidation sites excluding steroid dienone is 3. The second-order valence-corrected chi connectivity index (χ2v) is 14.5. The highest BCUT2D eigenvalue weighted by atomic mass is 16.5. The Balaban J connectivity index is 1.26. The van der Waals surface area contributed by atoms with Crippen molar-refractivity contribution in [3.05, 3.63) is 60.5 Å². The molecule has 8 atom stereocenters. The predicted molar refractivity (Wildman–Crippen MR) is 168 cm³/mol. The van der Waals surface area contributed by atoms with Crippen molar-refractivity contribution in [3.63, 3.8) is 0 Å². The Morgan fingerprint density at radius 1 is 0.953 bits per heavy atom. The van der Waals surface area contributed by atoms with Gasteiger partial charge in [0.15, 0.2) is 0 Å². The average molecular weight is 581 g/mol. The SMILES string of the molecule is O[C@@H]1CC[C@@]23C[C@]45CN6CCCC/C=C\CC[C@](O)(C=C(c7nccc8c7[nH]c7ccccc78)[C@@H]4CC6)[C@@H]5N2CC[C@H]1O3. The molecule has 9 rings (SSSR count). The number of hydrogen-bond donors (Lipinski definition) is 3. The summed E-state index contributed by atoms with van der Waals surface area (Å²) in [4.78, 5) is 14.1. The van der Waals surface area contributed by atoms with Gasteiger partial charge >= 0.3 is 0 Å². The molecular weight excluding hydrogens is 536 g/mol. The molecule has 3 N–H and O–H groups in total. The van der Waals surface area contributed by atoms with Gasteiger partial charge in [0, 0.05) is 41.0 Å². The van der Waals surface area contributed by atoms with Gasteiger partial charge in [-0.2, -0.15) is 0 Å². The number of fused-ring (bicyclic) bond motifs is 5. The number of rotatable bonds is 1. The summed E-state index contributed by atoms with van der Waals surface area (Å²) in [7, 11) is 0. The number of aromatic nitrogens is 2. The molecule has 4 fully saturated rings. The highest BCUT2D eigenvalue weighted by molar-refractivity contribution is 6.09. The molecule has 1 aliphatic carbocycles. The lowest BCUT2D eigenvalue weighted by Crippen LogP contribution is -2.68. The second-order valence-electron chi connectivity index (χ2n) is 14.5. The Kier molecular flexibility index (Phi) is 6.06. The molecule has 7 heteroatoms. The molecule has 3 aromatic rings. The normalized spacial score (nSPS) is 42.0. The average Bonchev–Trinajstić information content (AvgIpc) is 3.53. The third-order valence-corrected chi connectivity index (χ3v) is 12.1. The Hall–Kier alpha value is -2.55. The quantitative estimate of drug-likeness (QED) is 0.335. The van der Waals surface area contributed by atoms with E-state index in [1.54, 1.807) is 0 Å². The molecule has 5 bridgehead atoms. The number of hydrogen-bond acceptors (Lipinski definition) is 6. The molecule has 0 saturated carbocycles. The topological polar surface area (TPSA) is 84.8 Å². The molecular formula is C36H44N4O3. The molecule has 6 aliphatic rings. The van der Waals surface area contributed by atoms with Crippen LogP contribution in [0.3, 0.4) is 0 Å². The van der Waals surface area contributed by atoms with E-state index < -0.39 is 11.3 Å². The van der Waals surface area contributed by atoms with E-state index in [1.165, 1.54) is 29.2 Å². The zero-order valence-corrected chi connectivity index (χ0v) is 25.0. The van der Waals surface area contributed by atoms with Crippen LogP contribution in [0, 0.1) is 11.3 Å². The van der Waals surface area contributed by atoms with Crippen LogP contribution in [0.15, 0.2) is 54.8 Å². The van der Waals surface area contributed by atoms with Gasteiger partial charge in [-0.3, -0.25) is 9.88 Å². The number of H-pyrrole nitrogens is 1. The first kappa shape index (κ1) is 26.8. The predicted octanol–water partition coefficient (Wildman–Crippen LogP) is 5.39. The number of nitrogens with one attached hydrogen (secondary N) is 1. The monoisotopic (exact) mass is 580 g/mol. The van der Waals surface area contributed by atoms with Crippen molar-refractivity contribution >= 4 is 27.4 Å². The summed E-state index contributed by atoms with van der Waals surface area (Å²) in [6.45, 7) is 4.03. The fourth-order valence-corrected chi connectivity index (χ4v) is 10.5. The number of piperidine rings is 1. The van der Waals surface area contributed by atoms with Crippen molar-refractivity contribution in [3.8, 4) is 0 Å². The van der Waals surface area contributed by atoms with Crippen LogP contribution in [-0.2, 0) is 4.74 Å². The molecule has 2 aromatic heterocycles. The summed E-state index contributed by atoms with van der Waals surface area (Å²) in [5.41, 5.74) is 2.83. The van der Waals surface area contributed by atoms with Crippen LogP contribution in [0.5, 0.6) is 0 Å². The molecule has 43 heavy (non-hydrogen) atoms. The van der Waals surface area contributed by atoms with Gasteiger partial charge in [-0.05, 0) is 107 Å². The summed E-state index contributed by atoms with van der Waals surface area (Å²) in [5.74, 6) is 0.271. The zero-order chi connectivity index (χ0) is 28.8. The lowest BCUT2D eigenvalue weighted by molar-refractivity contribution is -0.268. The van der Waals surface area contributed by atoms with E-state index in [9.17, 15) is 10.2 Å². The van der Waals surface area contributed by atoms with E-state index in [-0.39, 0.29) is 29.6 Å². The van der Waals surface area contributed by atoms with E-state index in [0.29, 0.717) is 6.42 Å². The van der Waals surface area contributed by atoms with E-state index in [1.807, 2.05) is 6.20 Å². The van der Waals surface area contributed by atoms with Gasteiger partial charge in [0.25, 0.3) is 0 Å². The van der Waals surface area contributed by atoms with Crippen LogP contribution in [-0.4, -0.2) is 85.7 Å². The number of ether oxygens (including phenoxy) is 1. The summed E-state index contributed by atoms with van der Waals surface area (Å²) < 4.78 is 6.95. The maximum Gasteiger partial charge on any atom is 0.123 e. The minimum absolute atomic E-state index is 0.0242.